The minimum absolute atomic E-state index is 0.250. The molecule has 202 valence electrons. The van der Waals surface area contributed by atoms with Crippen LogP contribution in [0, 0.1) is 0 Å². The third kappa shape index (κ3) is 5.74. The number of nitrogens with zero attached hydrogens (tertiary/aromatic N) is 1. The van der Waals surface area contributed by atoms with Crippen molar-refractivity contribution in [3.63, 3.8) is 0 Å². The molecule has 1 aliphatic rings. The number of carbonyl (C=O) groups is 3. The molecule has 2 aromatic carbocycles. The van der Waals surface area contributed by atoms with Gasteiger partial charge in [0.05, 0.1) is 28.0 Å². The first kappa shape index (κ1) is 27.0. The highest BCUT2D eigenvalue weighted by Gasteiger charge is 2.30. The van der Waals surface area contributed by atoms with Gasteiger partial charge < -0.3 is 14.8 Å². The molecule has 0 fully saturated rings. The molecule has 0 saturated heterocycles. The number of para-hydroxylation sites is 1. The van der Waals surface area contributed by atoms with E-state index < -0.39 is 23.9 Å². The predicted octanol–water partition coefficient (Wildman–Crippen LogP) is 7.04. The summed E-state index contributed by atoms with van der Waals surface area (Å²) in [5, 5.41) is 4.07. The quantitative estimate of drug-likeness (QED) is 0.183. The molecule has 39 heavy (non-hydrogen) atoms. The molecule has 9 heteroatoms. The average Bonchev–Trinajstić information content (AvgIpc) is 3.45. The number of aryl methyl sites for hydroxylation is 1. The summed E-state index contributed by atoms with van der Waals surface area (Å²) in [6, 6.07) is 14.9. The fourth-order valence-electron chi connectivity index (χ4n) is 4.79. The molecule has 1 N–H and O–H groups in total. The molecule has 1 unspecified atom stereocenters. The van der Waals surface area contributed by atoms with Gasteiger partial charge in [0, 0.05) is 10.4 Å². The zero-order valence-electron chi connectivity index (χ0n) is 22.0. The van der Waals surface area contributed by atoms with E-state index in [4.69, 9.17) is 9.47 Å². The van der Waals surface area contributed by atoms with E-state index in [1.165, 1.54) is 22.7 Å². The molecule has 2 aromatic heterocycles. The Balaban J connectivity index is 1.37. The minimum atomic E-state index is -1.03. The van der Waals surface area contributed by atoms with E-state index in [0.29, 0.717) is 26.7 Å². The monoisotopic (exact) mass is 562 g/mol. The highest BCUT2D eigenvalue weighted by atomic mass is 32.1. The standard InChI is InChI=1S/C30H30N2O5S2/c1-3-22(26(33)32-28-25(30(35)36-4-2)20-14-6-5-7-16-23(20)38-28)37-29(34)19-13-9-8-12-18(19)27-31-21-15-10-11-17-24(21)39-27/h8-13,15,17,22H,3-7,14,16H2,1-2H3,(H,32,33). The Hall–Kier alpha value is -3.56. The lowest BCUT2D eigenvalue weighted by atomic mass is 10.1. The fraction of sp³-hybridized carbons (Fsp3) is 0.333. The van der Waals surface area contributed by atoms with Crippen molar-refractivity contribution in [1.82, 2.24) is 4.98 Å². The van der Waals surface area contributed by atoms with E-state index >= 15 is 0 Å². The molecule has 1 amide bonds. The van der Waals surface area contributed by atoms with Gasteiger partial charge in [-0.05, 0) is 62.8 Å². The zero-order chi connectivity index (χ0) is 27.4. The highest BCUT2D eigenvalue weighted by Crippen LogP contribution is 2.38. The van der Waals surface area contributed by atoms with Crippen LogP contribution in [0.25, 0.3) is 20.8 Å². The van der Waals surface area contributed by atoms with Crippen LogP contribution >= 0.6 is 22.7 Å². The van der Waals surface area contributed by atoms with Gasteiger partial charge in [-0.1, -0.05) is 43.7 Å². The van der Waals surface area contributed by atoms with Crippen LogP contribution in [-0.4, -0.2) is 35.5 Å². The van der Waals surface area contributed by atoms with Crippen LogP contribution in [0.2, 0.25) is 0 Å². The molecule has 0 bridgehead atoms. The SMILES string of the molecule is CCOC(=O)c1c(NC(=O)C(CC)OC(=O)c2ccccc2-c2nc3ccccc3s2)sc2c1CCCCC2. The van der Waals surface area contributed by atoms with Crippen LogP contribution in [0.5, 0.6) is 0 Å². The first-order valence-corrected chi connectivity index (χ1v) is 14.9. The first-order valence-electron chi connectivity index (χ1n) is 13.3. The number of amides is 1. The molecule has 0 radical (unpaired) electrons. The molecule has 1 aliphatic carbocycles. The molecule has 1 atom stereocenters. The summed E-state index contributed by atoms with van der Waals surface area (Å²) in [6.07, 6.45) is 4.05. The number of nitrogens with one attached hydrogen (secondary N) is 1. The fourth-order valence-corrected chi connectivity index (χ4v) is 7.08. The lowest BCUT2D eigenvalue weighted by Gasteiger charge is -2.17. The topological polar surface area (TPSA) is 94.6 Å². The Bertz CT molecular complexity index is 1490. The van der Waals surface area contributed by atoms with Crippen LogP contribution in [0.3, 0.4) is 0 Å². The second-order valence-electron chi connectivity index (χ2n) is 9.31. The zero-order valence-corrected chi connectivity index (χ0v) is 23.6. The van der Waals surface area contributed by atoms with E-state index in [0.717, 1.165) is 52.8 Å². The third-order valence-corrected chi connectivity index (χ3v) is 9.00. The number of aromatic nitrogens is 1. The maximum absolute atomic E-state index is 13.4. The number of fused-ring (bicyclic) bond motifs is 2. The lowest BCUT2D eigenvalue weighted by Crippen LogP contribution is -2.32. The van der Waals surface area contributed by atoms with Crippen LogP contribution < -0.4 is 5.32 Å². The second-order valence-corrected chi connectivity index (χ2v) is 11.4. The van der Waals surface area contributed by atoms with Crippen LogP contribution in [0.1, 0.15) is 70.7 Å². The molecule has 0 aliphatic heterocycles. The van der Waals surface area contributed by atoms with Gasteiger partial charge in [0.1, 0.15) is 10.0 Å². The maximum Gasteiger partial charge on any atom is 0.341 e. The van der Waals surface area contributed by atoms with Gasteiger partial charge in [-0.2, -0.15) is 0 Å². The summed E-state index contributed by atoms with van der Waals surface area (Å²) < 4.78 is 12.1. The summed E-state index contributed by atoms with van der Waals surface area (Å²) in [6.45, 7) is 3.80. The van der Waals surface area contributed by atoms with Crippen LogP contribution in [0.15, 0.2) is 48.5 Å². The molecule has 2 heterocycles. The number of hydrogen-bond donors (Lipinski definition) is 1. The van der Waals surface area contributed by atoms with Crippen molar-refractivity contribution in [1.29, 1.82) is 0 Å². The van der Waals surface area contributed by atoms with Crippen LogP contribution in [0.4, 0.5) is 5.00 Å². The average molecular weight is 563 g/mol. The number of hydrogen-bond acceptors (Lipinski definition) is 8. The van der Waals surface area contributed by atoms with E-state index in [1.54, 1.807) is 26.0 Å². The van der Waals surface area contributed by atoms with E-state index in [-0.39, 0.29) is 13.0 Å². The summed E-state index contributed by atoms with van der Waals surface area (Å²) in [4.78, 5) is 45.4. The summed E-state index contributed by atoms with van der Waals surface area (Å²) in [5.41, 5.74) is 3.28. The Morgan fingerprint density at radius 1 is 0.949 bits per heavy atom. The van der Waals surface area contributed by atoms with Crippen molar-refractivity contribution in [2.45, 2.75) is 58.5 Å². The molecule has 5 rings (SSSR count). The molecule has 0 saturated carbocycles. The summed E-state index contributed by atoms with van der Waals surface area (Å²) >= 11 is 2.92. The van der Waals surface area contributed by atoms with E-state index in [1.807, 2.05) is 36.4 Å². The Morgan fingerprint density at radius 3 is 2.51 bits per heavy atom. The molecular weight excluding hydrogens is 532 g/mol. The minimum Gasteiger partial charge on any atom is -0.462 e. The van der Waals surface area contributed by atoms with Crippen molar-refractivity contribution in [3.8, 4) is 10.6 Å². The van der Waals surface area contributed by atoms with Crippen molar-refractivity contribution in [2.24, 2.45) is 0 Å². The normalized spacial score (nSPS) is 13.8. The predicted molar refractivity (Wildman–Crippen MR) is 155 cm³/mol. The number of anilines is 1. The molecule has 4 aromatic rings. The Morgan fingerprint density at radius 2 is 1.72 bits per heavy atom. The molecule has 0 spiro atoms. The number of thiophene rings is 1. The first-order chi connectivity index (χ1) is 19.0. The highest BCUT2D eigenvalue weighted by molar-refractivity contribution is 7.21. The van der Waals surface area contributed by atoms with Gasteiger partial charge in [0.15, 0.2) is 6.10 Å². The van der Waals surface area contributed by atoms with Crippen molar-refractivity contribution < 1.29 is 23.9 Å². The van der Waals surface area contributed by atoms with Gasteiger partial charge in [-0.3, -0.25) is 4.79 Å². The van der Waals surface area contributed by atoms with E-state index in [2.05, 4.69) is 10.3 Å². The number of esters is 2. The molecule has 7 nitrogen and oxygen atoms in total. The smallest absolute Gasteiger partial charge is 0.341 e. The van der Waals surface area contributed by atoms with Gasteiger partial charge in [0.25, 0.3) is 5.91 Å². The summed E-state index contributed by atoms with van der Waals surface area (Å²) in [7, 11) is 0. The van der Waals surface area contributed by atoms with Crippen molar-refractivity contribution in [3.05, 3.63) is 70.1 Å². The van der Waals surface area contributed by atoms with Crippen molar-refractivity contribution >= 4 is 55.7 Å². The Labute approximate surface area is 235 Å². The second kappa shape index (κ2) is 12.1. The van der Waals surface area contributed by atoms with Gasteiger partial charge in [-0.25, -0.2) is 14.6 Å². The van der Waals surface area contributed by atoms with Gasteiger partial charge in [-0.15, -0.1) is 22.7 Å². The van der Waals surface area contributed by atoms with E-state index in [9.17, 15) is 14.4 Å². The number of benzene rings is 2. The third-order valence-electron chi connectivity index (χ3n) is 6.72. The summed E-state index contributed by atoms with van der Waals surface area (Å²) in [5.74, 6) is -1.49. The van der Waals surface area contributed by atoms with Gasteiger partial charge >= 0.3 is 11.9 Å². The number of carbonyl (C=O) groups excluding carboxylic acids is 3. The number of thiazole rings is 1. The number of rotatable bonds is 8. The maximum atomic E-state index is 13.4. The lowest BCUT2D eigenvalue weighted by molar-refractivity contribution is -0.124. The molecular formula is C30H30N2O5S2. The number of ether oxygens (including phenoxy) is 2. The van der Waals surface area contributed by atoms with Crippen LogP contribution in [-0.2, 0) is 27.1 Å². The van der Waals surface area contributed by atoms with Crippen molar-refractivity contribution in [2.75, 3.05) is 11.9 Å². The van der Waals surface area contributed by atoms with Gasteiger partial charge in [0.2, 0.25) is 0 Å². The Kier molecular flexibility index (Phi) is 8.38. The largest absolute Gasteiger partial charge is 0.462 e.